The molecule has 0 aliphatic carbocycles. The third-order valence-corrected chi connectivity index (χ3v) is 5.74. The van der Waals surface area contributed by atoms with Crippen molar-refractivity contribution in [1.82, 2.24) is 14.7 Å². The number of aryl methyl sites for hydroxylation is 1. The second kappa shape index (κ2) is 11.4. The van der Waals surface area contributed by atoms with E-state index in [0.717, 1.165) is 11.3 Å². The molecule has 182 valence electrons. The summed E-state index contributed by atoms with van der Waals surface area (Å²) in [5.41, 5.74) is 1.13. The average molecular weight is 468 g/mol. The number of hydrogen-bond donors (Lipinski definition) is 1. The molecular weight excluding hydrogens is 434 g/mol. The molecule has 8 nitrogen and oxygen atoms in total. The second-order valence-corrected chi connectivity index (χ2v) is 8.69. The van der Waals surface area contributed by atoms with Crippen molar-refractivity contribution >= 4 is 0 Å². The first-order chi connectivity index (χ1) is 16.5. The maximum atomic E-state index is 11.2. The van der Waals surface area contributed by atoms with E-state index in [0.29, 0.717) is 50.9 Å². The van der Waals surface area contributed by atoms with Crippen LogP contribution in [-0.2, 0) is 17.8 Å². The minimum absolute atomic E-state index is 0.164. The molecule has 1 atom stereocenters. The van der Waals surface area contributed by atoms with Crippen LogP contribution in [0.15, 0.2) is 60.9 Å². The largest absolute Gasteiger partial charge is 0.493 e. The van der Waals surface area contributed by atoms with Crippen molar-refractivity contribution in [1.29, 1.82) is 0 Å². The van der Waals surface area contributed by atoms with Crippen LogP contribution in [0.5, 0.6) is 17.2 Å². The van der Waals surface area contributed by atoms with Gasteiger partial charge in [-0.15, -0.1) is 0 Å². The third-order valence-electron chi connectivity index (χ3n) is 5.74. The molecule has 1 aliphatic heterocycles. The SMILES string of the molecule is COc1ccc(CN2CCOC[C@](O)(COc3ccc(C)cc3)C2)cc1OCCn1cccn1. The summed E-state index contributed by atoms with van der Waals surface area (Å²) in [5, 5.41) is 15.4. The van der Waals surface area contributed by atoms with Crippen LogP contribution in [0.2, 0.25) is 0 Å². The van der Waals surface area contributed by atoms with Crippen LogP contribution in [-0.4, -0.2) is 72.0 Å². The molecule has 2 aromatic carbocycles. The minimum Gasteiger partial charge on any atom is -0.493 e. The Morgan fingerprint density at radius 2 is 1.97 bits per heavy atom. The van der Waals surface area contributed by atoms with E-state index < -0.39 is 5.60 Å². The quantitative estimate of drug-likeness (QED) is 0.491. The van der Waals surface area contributed by atoms with E-state index >= 15 is 0 Å². The van der Waals surface area contributed by atoms with Crippen molar-refractivity contribution in [2.75, 3.05) is 46.6 Å². The summed E-state index contributed by atoms with van der Waals surface area (Å²) in [6.45, 7) is 5.92. The molecule has 0 saturated carbocycles. The molecule has 1 fully saturated rings. The highest BCUT2D eigenvalue weighted by Gasteiger charge is 2.33. The van der Waals surface area contributed by atoms with Gasteiger partial charge in [-0.3, -0.25) is 9.58 Å². The molecule has 34 heavy (non-hydrogen) atoms. The van der Waals surface area contributed by atoms with Crippen LogP contribution in [0.3, 0.4) is 0 Å². The lowest BCUT2D eigenvalue weighted by Crippen LogP contribution is -2.48. The Morgan fingerprint density at radius 1 is 1.12 bits per heavy atom. The van der Waals surface area contributed by atoms with Gasteiger partial charge in [-0.2, -0.15) is 5.10 Å². The van der Waals surface area contributed by atoms with E-state index in [2.05, 4.69) is 10.00 Å². The van der Waals surface area contributed by atoms with Gasteiger partial charge in [0.1, 0.15) is 24.6 Å². The first kappa shape index (κ1) is 24.1. The molecular formula is C26H33N3O5. The highest BCUT2D eigenvalue weighted by molar-refractivity contribution is 5.43. The molecule has 8 heteroatoms. The number of ether oxygens (including phenoxy) is 4. The van der Waals surface area contributed by atoms with E-state index in [-0.39, 0.29) is 13.2 Å². The van der Waals surface area contributed by atoms with Gasteiger partial charge in [-0.05, 0) is 42.8 Å². The monoisotopic (exact) mass is 467 g/mol. The Morgan fingerprint density at radius 3 is 2.74 bits per heavy atom. The first-order valence-corrected chi connectivity index (χ1v) is 11.5. The van der Waals surface area contributed by atoms with Gasteiger partial charge in [-0.1, -0.05) is 23.8 Å². The van der Waals surface area contributed by atoms with Crippen LogP contribution < -0.4 is 14.2 Å². The molecule has 4 rings (SSSR count). The standard InChI is InChI=1S/C26H33N3O5/c1-21-4-7-23(8-5-21)34-20-26(30)18-28(12-14-32-19-26)17-22-6-9-24(31-2)25(16-22)33-15-13-29-11-3-10-27-29/h3-11,16,30H,12-15,17-20H2,1-2H3/t26-/m0/s1. The summed E-state index contributed by atoms with van der Waals surface area (Å²) >= 11 is 0. The van der Waals surface area contributed by atoms with Crippen LogP contribution in [0.25, 0.3) is 0 Å². The highest BCUT2D eigenvalue weighted by Crippen LogP contribution is 2.29. The zero-order valence-electron chi connectivity index (χ0n) is 19.9. The lowest BCUT2D eigenvalue weighted by atomic mass is 10.1. The number of β-amino-alcohol motifs (C(OH)–C–C–N with tert-alkyl or cyclic N) is 1. The molecule has 0 unspecified atom stereocenters. The van der Waals surface area contributed by atoms with Crippen molar-refractivity contribution < 1.29 is 24.1 Å². The van der Waals surface area contributed by atoms with Gasteiger partial charge < -0.3 is 24.1 Å². The third kappa shape index (κ3) is 6.72. The molecule has 3 aromatic rings. The smallest absolute Gasteiger partial charge is 0.161 e. The van der Waals surface area contributed by atoms with E-state index in [1.807, 2.05) is 66.3 Å². The van der Waals surface area contributed by atoms with Crippen LogP contribution in [0.4, 0.5) is 0 Å². The van der Waals surface area contributed by atoms with Gasteiger partial charge in [0.15, 0.2) is 11.5 Å². The molecule has 0 radical (unpaired) electrons. The molecule has 1 saturated heterocycles. The molecule has 1 aromatic heterocycles. The van der Waals surface area contributed by atoms with E-state index in [1.54, 1.807) is 13.3 Å². The molecule has 0 bridgehead atoms. The van der Waals surface area contributed by atoms with Gasteiger partial charge in [0.2, 0.25) is 0 Å². The number of methoxy groups -OCH3 is 1. The van der Waals surface area contributed by atoms with E-state index in [1.165, 1.54) is 5.56 Å². The average Bonchev–Trinajstić information content (AvgIpc) is 3.28. The zero-order valence-corrected chi connectivity index (χ0v) is 19.9. The topological polar surface area (TPSA) is 78.2 Å². The molecule has 0 amide bonds. The zero-order chi connectivity index (χ0) is 23.8. The first-order valence-electron chi connectivity index (χ1n) is 11.5. The van der Waals surface area contributed by atoms with Crippen LogP contribution in [0, 0.1) is 6.92 Å². The highest BCUT2D eigenvalue weighted by atomic mass is 16.5. The summed E-state index contributed by atoms with van der Waals surface area (Å²) in [6, 6.07) is 15.6. The van der Waals surface area contributed by atoms with Crippen LogP contribution >= 0.6 is 0 Å². The normalized spacial score (nSPS) is 18.9. The number of benzene rings is 2. The Hall–Kier alpha value is -3.07. The fourth-order valence-corrected chi connectivity index (χ4v) is 3.94. The van der Waals surface area contributed by atoms with Crippen molar-refractivity contribution in [2.45, 2.75) is 25.6 Å². The number of nitrogens with zero attached hydrogens (tertiary/aromatic N) is 3. The minimum atomic E-state index is -1.10. The van der Waals surface area contributed by atoms with E-state index in [4.69, 9.17) is 18.9 Å². The summed E-state index contributed by atoms with van der Waals surface area (Å²) in [6.07, 6.45) is 3.65. The Labute approximate surface area is 200 Å². The predicted octanol–water partition coefficient (Wildman–Crippen LogP) is 2.92. The van der Waals surface area contributed by atoms with Crippen molar-refractivity contribution in [3.05, 3.63) is 72.1 Å². The van der Waals surface area contributed by atoms with Gasteiger partial charge in [0.05, 0.1) is 26.9 Å². The number of rotatable bonds is 10. The predicted molar refractivity (Wildman–Crippen MR) is 128 cm³/mol. The van der Waals surface area contributed by atoms with Gasteiger partial charge in [-0.25, -0.2) is 0 Å². The lowest BCUT2D eigenvalue weighted by Gasteiger charge is -2.30. The number of hydrogen-bond acceptors (Lipinski definition) is 7. The summed E-state index contributed by atoms with van der Waals surface area (Å²) in [4.78, 5) is 2.18. The fourth-order valence-electron chi connectivity index (χ4n) is 3.94. The van der Waals surface area contributed by atoms with Crippen LogP contribution in [0.1, 0.15) is 11.1 Å². The van der Waals surface area contributed by atoms with Gasteiger partial charge in [0, 0.05) is 32.0 Å². The van der Waals surface area contributed by atoms with Gasteiger partial charge >= 0.3 is 0 Å². The Kier molecular flexibility index (Phi) is 8.05. The summed E-state index contributed by atoms with van der Waals surface area (Å²) in [5.74, 6) is 2.12. The Bertz CT molecular complexity index is 1030. The van der Waals surface area contributed by atoms with Crippen molar-refractivity contribution in [3.8, 4) is 17.2 Å². The van der Waals surface area contributed by atoms with Crippen molar-refractivity contribution in [2.24, 2.45) is 0 Å². The van der Waals surface area contributed by atoms with Gasteiger partial charge in [0.25, 0.3) is 0 Å². The summed E-state index contributed by atoms with van der Waals surface area (Å²) in [7, 11) is 1.63. The summed E-state index contributed by atoms with van der Waals surface area (Å²) < 4.78 is 24.9. The molecule has 0 spiro atoms. The molecule has 1 aliphatic rings. The van der Waals surface area contributed by atoms with Crippen molar-refractivity contribution in [3.63, 3.8) is 0 Å². The Balaban J connectivity index is 1.37. The molecule has 2 heterocycles. The van der Waals surface area contributed by atoms with E-state index in [9.17, 15) is 5.11 Å². The second-order valence-electron chi connectivity index (χ2n) is 8.69. The fraction of sp³-hybridized carbons (Fsp3) is 0.423. The maximum Gasteiger partial charge on any atom is 0.161 e. The maximum absolute atomic E-state index is 11.2. The molecule has 1 N–H and O–H groups in total. The lowest BCUT2D eigenvalue weighted by molar-refractivity contribution is -0.0646. The number of aromatic nitrogens is 2. The number of aliphatic hydroxyl groups is 1.